The zero-order chi connectivity index (χ0) is 15.7. The number of hydrogen-bond donors (Lipinski definition) is 2. The normalized spacial score (nSPS) is 17.4. The number of furan rings is 1. The van der Waals surface area contributed by atoms with Gasteiger partial charge in [-0.3, -0.25) is 4.79 Å². The van der Waals surface area contributed by atoms with E-state index in [0.29, 0.717) is 15.6 Å². The Labute approximate surface area is 129 Å². The first kappa shape index (κ1) is 14.7. The van der Waals surface area contributed by atoms with Crippen LogP contribution in [0.25, 0.3) is 10.8 Å². The van der Waals surface area contributed by atoms with E-state index in [0.717, 1.165) is 0 Å². The summed E-state index contributed by atoms with van der Waals surface area (Å²) in [5.74, 6) is -0.844. The molecule has 116 valence electrons. The number of hydrogen-bond acceptors (Lipinski definition) is 6. The van der Waals surface area contributed by atoms with E-state index in [2.05, 4.69) is 4.98 Å². The van der Waals surface area contributed by atoms with Crippen molar-refractivity contribution in [3.63, 3.8) is 0 Å². The Morgan fingerprint density at radius 1 is 1.36 bits per heavy atom. The number of piperidine rings is 1. The van der Waals surface area contributed by atoms with Crippen molar-refractivity contribution in [2.75, 3.05) is 13.1 Å². The van der Waals surface area contributed by atoms with Crippen LogP contribution in [0.15, 0.2) is 29.0 Å². The first-order chi connectivity index (χ1) is 10.5. The van der Waals surface area contributed by atoms with Crippen LogP contribution >= 0.6 is 11.3 Å². The van der Waals surface area contributed by atoms with Crippen LogP contribution in [0.5, 0.6) is 0 Å². The zero-order valence-electron chi connectivity index (χ0n) is 11.6. The summed E-state index contributed by atoms with van der Waals surface area (Å²) in [6, 6.07) is 3.51. The number of likely N-dealkylation sites (tertiary alicyclic amines) is 1. The largest absolute Gasteiger partial charge is 0.479 e. The van der Waals surface area contributed by atoms with Crippen LogP contribution in [-0.2, 0) is 4.79 Å². The van der Waals surface area contributed by atoms with Gasteiger partial charge in [-0.1, -0.05) is 0 Å². The summed E-state index contributed by atoms with van der Waals surface area (Å²) >= 11 is 1.22. The van der Waals surface area contributed by atoms with E-state index < -0.39 is 11.6 Å². The number of nitrogens with zero attached hydrogens (tertiary/aromatic N) is 2. The van der Waals surface area contributed by atoms with Gasteiger partial charge in [0.15, 0.2) is 16.4 Å². The number of aliphatic hydroxyl groups is 1. The van der Waals surface area contributed by atoms with E-state index in [9.17, 15) is 14.7 Å². The number of thiazole rings is 1. The predicted octanol–water partition coefficient (Wildman–Crippen LogP) is 1.45. The molecule has 0 aliphatic carbocycles. The van der Waals surface area contributed by atoms with Crippen LogP contribution < -0.4 is 0 Å². The molecule has 0 atom stereocenters. The molecule has 0 saturated carbocycles. The summed E-state index contributed by atoms with van der Waals surface area (Å²) in [5.41, 5.74) is -1.73. The molecule has 3 rings (SSSR count). The number of carboxylic acid groups (broad SMARTS) is 1. The molecule has 0 radical (unpaired) electrons. The molecule has 1 aliphatic heterocycles. The summed E-state index contributed by atoms with van der Waals surface area (Å²) in [5, 5.41) is 19.5. The number of carboxylic acids is 1. The third-order valence-electron chi connectivity index (χ3n) is 3.72. The average molecular weight is 322 g/mol. The van der Waals surface area contributed by atoms with Gasteiger partial charge in [-0.25, -0.2) is 9.78 Å². The van der Waals surface area contributed by atoms with Crippen molar-refractivity contribution in [2.24, 2.45) is 0 Å². The summed E-state index contributed by atoms with van der Waals surface area (Å²) < 4.78 is 5.24. The maximum Gasteiger partial charge on any atom is 0.335 e. The Morgan fingerprint density at radius 3 is 2.68 bits per heavy atom. The van der Waals surface area contributed by atoms with E-state index in [1.807, 2.05) is 0 Å². The molecule has 0 spiro atoms. The fourth-order valence-electron chi connectivity index (χ4n) is 2.34. The maximum atomic E-state index is 12.4. The lowest BCUT2D eigenvalue weighted by Gasteiger charge is -2.35. The minimum Gasteiger partial charge on any atom is -0.479 e. The Hall–Kier alpha value is -2.19. The molecule has 1 aliphatic rings. The van der Waals surface area contributed by atoms with Gasteiger partial charge >= 0.3 is 5.97 Å². The van der Waals surface area contributed by atoms with Crippen LogP contribution in [0.2, 0.25) is 0 Å². The van der Waals surface area contributed by atoms with Crippen LogP contribution in [0.1, 0.15) is 22.5 Å². The van der Waals surface area contributed by atoms with Crippen molar-refractivity contribution >= 4 is 23.2 Å². The minimum atomic E-state index is -1.73. The molecule has 0 aromatic carbocycles. The number of amides is 1. The van der Waals surface area contributed by atoms with Gasteiger partial charge in [-0.2, -0.15) is 0 Å². The summed E-state index contributed by atoms with van der Waals surface area (Å²) in [6.45, 7) is 0.408. The van der Waals surface area contributed by atoms with Crippen LogP contribution in [0.3, 0.4) is 0 Å². The van der Waals surface area contributed by atoms with Crippen molar-refractivity contribution in [1.29, 1.82) is 0 Å². The molecule has 3 heterocycles. The average Bonchev–Trinajstić information content (AvgIpc) is 3.18. The van der Waals surface area contributed by atoms with Gasteiger partial charge in [0.2, 0.25) is 0 Å². The molecule has 1 saturated heterocycles. The topological polar surface area (TPSA) is 104 Å². The summed E-state index contributed by atoms with van der Waals surface area (Å²) in [6.07, 6.45) is 3.08. The smallest absolute Gasteiger partial charge is 0.335 e. The van der Waals surface area contributed by atoms with Crippen LogP contribution in [0, 0.1) is 0 Å². The van der Waals surface area contributed by atoms with Crippen molar-refractivity contribution in [3.05, 3.63) is 29.5 Å². The Kier molecular flexibility index (Phi) is 3.71. The zero-order valence-corrected chi connectivity index (χ0v) is 12.4. The monoisotopic (exact) mass is 322 g/mol. The molecular formula is C14H14N2O5S. The summed E-state index contributed by atoms with van der Waals surface area (Å²) in [7, 11) is 0. The second kappa shape index (κ2) is 5.54. The molecule has 8 heteroatoms. The van der Waals surface area contributed by atoms with E-state index in [1.165, 1.54) is 28.7 Å². The number of aromatic nitrogens is 1. The lowest BCUT2D eigenvalue weighted by molar-refractivity contribution is -0.162. The first-order valence-corrected chi connectivity index (χ1v) is 7.56. The molecular weight excluding hydrogens is 308 g/mol. The standard InChI is InChI=1S/C14H14N2O5S/c17-12(16-5-3-14(20,4-6-16)13(18)19)10-8-15-11(22-10)9-2-1-7-21-9/h1-2,7-8,20H,3-6H2,(H,18,19). The van der Waals surface area contributed by atoms with Crippen LogP contribution in [0.4, 0.5) is 0 Å². The highest BCUT2D eigenvalue weighted by Gasteiger charge is 2.40. The van der Waals surface area contributed by atoms with Gasteiger partial charge < -0.3 is 19.5 Å². The molecule has 0 bridgehead atoms. The fourth-order valence-corrected chi connectivity index (χ4v) is 3.19. The van der Waals surface area contributed by atoms with Gasteiger partial charge in [0.1, 0.15) is 4.88 Å². The molecule has 1 fully saturated rings. The Morgan fingerprint density at radius 2 is 2.09 bits per heavy atom. The number of aliphatic carboxylic acids is 1. The third-order valence-corrected chi connectivity index (χ3v) is 4.72. The lowest BCUT2D eigenvalue weighted by Crippen LogP contribution is -2.50. The SMILES string of the molecule is O=C(c1cnc(-c2ccco2)s1)N1CCC(O)(C(=O)O)CC1. The molecule has 7 nitrogen and oxygen atoms in total. The van der Waals surface area contributed by atoms with Crippen molar-refractivity contribution in [1.82, 2.24) is 9.88 Å². The predicted molar refractivity (Wildman–Crippen MR) is 77.5 cm³/mol. The third kappa shape index (κ3) is 2.62. The maximum absolute atomic E-state index is 12.4. The summed E-state index contributed by atoms with van der Waals surface area (Å²) in [4.78, 5) is 29.6. The number of carbonyl (C=O) groups is 2. The van der Waals surface area contributed by atoms with Gasteiger partial charge in [0, 0.05) is 25.9 Å². The lowest BCUT2D eigenvalue weighted by atomic mass is 9.91. The Balaban J connectivity index is 1.69. The van der Waals surface area contributed by atoms with Gasteiger partial charge in [-0.05, 0) is 12.1 Å². The second-order valence-corrected chi connectivity index (χ2v) is 6.17. The van der Waals surface area contributed by atoms with E-state index in [-0.39, 0.29) is 31.8 Å². The second-order valence-electron chi connectivity index (χ2n) is 5.14. The van der Waals surface area contributed by atoms with Gasteiger partial charge in [0.25, 0.3) is 5.91 Å². The molecule has 1 amide bonds. The van der Waals surface area contributed by atoms with Crippen LogP contribution in [-0.4, -0.2) is 50.7 Å². The van der Waals surface area contributed by atoms with Crippen molar-refractivity contribution in [3.8, 4) is 10.8 Å². The van der Waals surface area contributed by atoms with E-state index in [4.69, 9.17) is 9.52 Å². The molecule has 2 aromatic rings. The van der Waals surface area contributed by atoms with E-state index in [1.54, 1.807) is 12.1 Å². The number of carbonyl (C=O) groups excluding carboxylic acids is 1. The quantitative estimate of drug-likeness (QED) is 0.886. The highest BCUT2D eigenvalue weighted by atomic mass is 32.1. The van der Waals surface area contributed by atoms with Gasteiger partial charge in [-0.15, -0.1) is 11.3 Å². The van der Waals surface area contributed by atoms with Crippen molar-refractivity contribution in [2.45, 2.75) is 18.4 Å². The molecule has 22 heavy (non-hydrogen) atoms. The minimum absolute atomic E-state index is 0.0257. The first-order valence-electron chi connectivity index (χ1n) is 6.74. The highest BCUT2D eigenvalue weighted by molar-refractivity contribution is 7.16. The number of rotatable bonds is 3. The molecule has 2 N–H and O–H groups in total. The molecule has 2 aromatic heterocycles. The van der Waals surface area contributed by atoms with E-state index >= 15 is 0 Å². The Bertz CT molecular complexity index is 686. The van der Waals surface area contributed by atoms with Gasteiger partial charge in [0.05, 0.1) is 12.5 Å². The highest BCUT2D eigenvalue weighted by Crippen LogP contribution is 2.28. The van der Waals surface area contributed by atoms with Crippen molar-refractivity contribution < 1.29 is 24.2 Å². The fraction of sp³-hybridized carbons (Fsp3) is 0.357. The molecule has 0 unspecified atom stereocenters.